The topological polar surface area (TPSA) is 43.1 Å². The first-order valence-electron chi connectivity index (χ1n) is 11.7. The normalized spacial score (nSPS) is 16.1. The number of carbonyl (C=O) groups is 1. The zero-order chi connectivity index (χ0) is 22.3. The quantitative estimate of drug-likeness (QED) is 0.326. The summed E-state index contributed by atoms with van der Waals surface area (Å²) in [5, 5.41) is 0. The maximum absolute atomic E-state index is 12.4. The van der Waals surface area contributed by atoms with Gasteiger partial charge < -0.3 is 5.73 Å². The summed E-state index contributed by atoms with van der Waals surface area (Å²) < 4.78 is 0. The number of Topliss-reactive ketones (excluding diaryl/α,β-unsaturated/α-hetero) is 1. The maximum atomic E-state index is 12.4. The monoisotopic (exact) mass is 415 g/mol. The van der Waals surface area contributed by atoms with Gasteiger partial charge >= 0.3 is 0 Å². The SMILES string of the molecule is CCC(=O)C1(Cc2ccc(CCC/C(C)=C/C=C(\C)c3ccc(N)cc3)cc2)CCC1. The molecule has 2 aromatic rings. The van der Waals surface area contributed by atoms with Crippen molar-refractivity contribution >= 4 is 17.0 Å². The number of hydrogen-bond acceptors (Lipinski definition) is 2. The van der Waals surface area contributed by atoms with Crippen LogP contribution in [0.1, 0.15) is 76.0 Å². The van der Waals surface area contributed by atoms with E-state index in [0.717, 1.165) is 44.2 Å². The molecule has 0 amide bonds. The zero-order valence-corrected chi connectivity index (χ0v) is 19.4. The van der Waals surface area contributed by atoms with Gasteiger partial charge in [-0.15, -0.1) is 0 Å². The summed E-state index contributed by atoms with van der Waals surface area (Å²) in [6.45, 7) is 6.34. The van der Waals surface area contributed by atoms with E-state index in [1.807, 2.05) is 19.1 Å². The third-order valence-electron chi connectivity index (χ3n) is 6.81. The molecule has 0 atom stereocenters. The van der Waals surface area contributed by atoms with Crippen LogP contribution in [-0.4, -0.2) is 5.78 Å². The number of benzene rings is 2. The highest BCUT2D eigenvalue weighted by molar-refractivity contribution is 5.85. The first kappa shape index (κ1) is 23.1. The molecule has 0 aromatic heterocycles. The minimum Gasteiger partial charge on any atom is -0.399 e. The molecule has 0 unspecified atom stereocenters. The van der Waals surface area contributed by atoms with Crippen LogP contribution in [0, 0.1) is 5.41 Å². The van der Waals surface area contributed by atoms with E-state index < -0.39 is 0 Å². The van der Waals surface area contributed by atoms with E-state index in [1.54, 1.807) is 0 Å². The molecule has 1 saturated carbocycles. The number of hydrogen-bond donors (Lipinski definition) is 1. The van der Waals surface area contributed by atoms with Crippen molar-refractivity contribution in [2.24, 2.45) is 5.41 Å². The summed E-state index contributed by atoms with van der Waals surface area (Å²) in [5.74, 6) is 0.450. The fourth-order valence-corrected chi connectivity index (χ4v) is 4.51. The van der Waals surface area contributed by atoms with Gasteiger partial charge in [0.25, 0.3) is 0 Å². The fourth-order valence-electron chi connectivity index (χ4n) is 4.51. The second-order valence-corrected chi connectivity index (χ2v) is 9.24. The van der Waals surface area contributed by atoms with Gasteiger partial charge in [0.05, 0.1) is 0 Å². The van der Waals surface area contributed by atoms with Crippen molar-refractivity contribution in [3.05, 3.63) is 82.9 Å². The van der Waals surface area contributed by atoms with E-state index in [0.29, 0.717) is 12.2 Å². The molecule has 164 valence electrons. The summed E-state index contributed by atoms with van der Waals surface area (Å²) in [4.78, 5) is 12.4. The second-order valence-electron chi connectivity index (χ2n) is 9.24. The fraction of sp³-hybridized carbons (Fsp3) is 0.414. The van der Waals surface area contributed by atoms with Crippen molar-refractivity contribution in [1.29, 1.82) is 0 Å². The predicted octanol–water partition coefficient (Wildman–Crippen LogP) is 7.33. The molecule has 0 spiro atoms. The molecule has 1 aliphatic rings. The first-order valence-corrected chi connectivity index (χ1v) is 11.7. The van der Waals surface area contributed by atoms with Gasteiger partial charge in [0.2, 0.25) is 0 Å². The number of rotatable bonds is 10. The van der Waals surface area contributed by atoms with Crippen LogP contribution >= 0.6 is 0 Å². The van der Waals surface area contributed by atoms with E-state index in [9.17, 15) is 4.79 Å². The second kappa shape index (κ2) is 10.6. The number of carbonyl (C=O) groups excluding carboxylic acids is 1. The van der Waals surface area contributed by atoms with E-state index in [-0.39, 0.29) is 5.41 Å². The molecule has 2 aromatic carbocycles. The minimum absolute atomic E-state index is 0.0593. The van der Waals surface area contributed by atoms with Gasteiger partial charge in [0.1, 0.15) is 5.78 Å². The Labute approximate surface area is 188 Å². The lowest BCUT2D eigenvalue weighted by Gasteiger charge is -2.40. The van der Waals surface area contributed by atoms with Crippen LogP contribution in [0.3, 0.4) is 0 Å². The van der Waals surface area contributed by atoms with Gasteiger partial charge in [-0.25, -0.2) is 0 Å². The Bertz CT molecular complexity index is 928. The summed E-state index contributed by atoms with van der Waals surface area (Å²) in [6.07, 6.45) is 12.7. The van der Waals surface area contributed by atoms with Crippen molar-refractivity contribution in [2.45, 2.75) is 72.1 Å². The Morgan fingerprint density at radius 1 is 0.968 bits per heavy atom. The Morgan fingerprint density at radius 2 is 1.61 bits per heavy atom. The molecule has 1 aliphatic carbocycles. The summed E-state index contributed by atoms with van der Waals surface area (Å²) in [7, 11) is 0. The molecule has 0 radical (unpaired) electrons. The van der Waals surface area contributed by atoms with Crippen LogP contribution in [0.25, 0.3) is 5.57 Å². The van der Waals surface area contributed by atoms with Gasteiger partial charge in [-0.2, -0.15) is 0 Å². The highest BCUT2D eigenvalue weighted by Crippen LogP contribution is 2.45. The summed E-state index contributed by atoms with van der Waals surface area (Å²) in [5.41, 5.74) is 13.1. The zero-order valence-electron chi connectivity index (χ0n) is 19.4. The highest BCUT2D eigenvalue weighted by Gasteiger charge is 2.42. The van der Waals surface area contributed by atoms with E-state index in [2.05, 4.69) is 62.4 Å². The van der Waals surface area contributed by atoms with Crippen molar-refractivity contribution in [1.82, 2.24) is 0 Å². The molecule has 2 nitrogen and oxygen atoms in total. The average molecular weight is 416 g/mol. The van der Waals surface area contributed by atoms with Crippen LogP contribution in [0.15, 0.2) is 66.3 Å². The van der Waals surface area contributed by atoms with Crippen LogP contribution in [0.2, 0.25) is 0 Å². The Morgan fingerprint density at radius 3 is 2.19 bits per heavy atom. The van der Waals surface area contributed by atoms with Crippen molar-refractivity contribution in [3.63, 3.8) is 0 Å². The molecular formula is C29H37NO. The number of nitrogens with two attached hydrogens (primary N) is 1. The largest absolute Gasteiger partial charge is 0.399 e. The Kier molecular flexibility index (Phi) is 7.90. The molecule has 0 aliphatic heterocycles. The third-order valence-corrected chi connectivity index (χ3v) is 6.81. The molecule has 0 saturated heterocycles. The van der Waals surface area contributed by atoms with Gasteiger partial charge in [0.15, 0.2) is 0 Å². The lowest BCUT2D eigenvalue weighted by molar-refractivity contribution is -0.133. The number of nitrogen functional groups attached to an aromatic ring is 1. The maximum Gasteiger partial charge on any atom is 0.139 e. The molecule has 2 N–H and O–H groups in total. The number of anilines is 1. The summed E-state index contributed by atoms with van der Waals surface area (Å²) >= 11 is 0. The molecule has 3 rings (SSSR count). The number of ketones is 1. The number of aryl methyl sites for hydroxylation is 1. The van der Waals surface area contributed by atoms with Gasteiger partial charge in [-0.05, 0) is 86.8 Å². The molecule has 31 heavy (non-hydrogen) atoms. The molecule has 2 heteroatoms. The van der Waals surface area contributed by atoms with Crippen LogP contribution in [0.5, 0.6) is 0 Å². The van der Waals surface area contributed by atoms with Gasteiger partial charge in [0, 0.05) is 17.5 Å². The lowest BCUT2D eigenvalue weighted by Crippen LogP contribution is -2.39. The van der Waals surface area contributed by atoms with Gasteiger partial charge in [-0.3, -0.25) is 4.79 Å². The first-order chi connectivity index (χ1) is 14.9. The number of allylic oxidation sites excluding steroid dienone is 4. The molecule has 0 heterocycles. The molecular weight excluding hydrogens is 378 g/mol. The predicted molar refractivity (Wildman–Crippen MR) is 133 cm³/mol. The highest BCUT2D eigenvalue weighted by atomic mass is 16.1. The minimum atomic E-state index is -0.0593. The standard InChI is InChI=1S/C29H37NO/c1-4-28(31)29(19-6-20-29)21-25-13-11-24(12-14-25)8-5-7-22(2)9-10-23(3)26-15-17-27(30)18-16-26/h9-18H,4-8,19-21,30H2,1-3H3/b22-9+,23-10+. The van der Waals surface area contributed by atoms with E-state index in [4.69, 9.17) is 5.73 Å². The van der Waals surface area contributed by atoms with Crippen molar-refractivity contribution in [3.8, 4) is 0 Å². The lowest BCUT2D eigenvalue weighted by atomic mass is 9.62. The van der Waals surface area contributed by atoms with E-state index >= 15 is 0 Å². The summed E-state index contributed by atoms with van der Waals surface area (Å²) in [6, 6.07) is 17.0. The van der Waals surface area contributed by atoms with Crippen LogP contribution < -0.4 is 5.73 Å². The average Bonchev–Trinajstić information content (AvgIpc) is 2.75. The van der Waals surface area contributed by atoms with E-state index in [1.165, 1.54) is 34.3 Å². The van der Waals surface area contributed by atoms with Crippen molar-refractivity contribution < 1.29 is 4.79 Å². The van der Waals surface area contributed by atoms with Crippen LogP contribution in [-0.2, 0) is 17.6 Å². The van der Waals surface area contributed by atoms with Crippen LogP contribution in [0.4, 0.5) is 5.69 Å². The smallest absolute Gasteiger partial charge is 0.139 e. The molecule has 0 bridgehead atoms. The Hall–Kier alpha value is -2.61. The third kappa shape index (κ3) is 6.19. The van der Waals surface area contributed by atoms with Crippen molar-refractivity contribution in [2.75, 3.05) is 5.73 Å². The Balaban J connectivity index is 1.48. The van der Waals surface area contributed by atoms with Gasteiger partial charge in [-0.1, -0.05) is 67.5 Å². The molecule has 1 fully saturated rings.